The van der Waals surface area contributed by atoms with Crippen LogP contribution in [0.2, 0.25) is 0 Å². The standard InChI is InChI=1S/C19H17N5O2/c1-25-12-3-4-15-13(9-12)14-10-21-24-18(14)19(23-15)22-11-2-5-17-16(8-11)20-6-7-26-17/h2-5,8-10,20H,6-7H2,1H3,(H,21,24)(H,22,23). The zero-order chi connectivity index (χ0) is 17.5. The van der Waals surface area contributed by atoms with Gasteiger partial charge in [-0.3, -0.25) is 5.10 Å². The molecule has 4 aromatic rings. The molecule has 3 heterocycles. The van der Waals surface area contributed by atoms with Crippen LogP contribution in [0, 0.1) is 0 Å². The summed E-state index contributed by atoms with van der Waals surface area (Å²) < 4.78 is 11.0. The zero-order valence-corrected chi connectivity index (χ0v) is 14.2. The number of nitrogens with zero attached hydrogens (tertiary/aromatic N) is 2. The Kier molecular flexibility index (Phi) is 3.31. The maximum Gasteiger partial charge on any atom is 0.157 e. The van der Waals surface area contributed by atoms with Gasteiger partial charge in [-0.1, -0.05) is 0 Å². The van der Waals surface area contributed by atoms with Crippen molar-refractivity contribution in [3.05, 3.63) is 42.6 Å². The number of methoxy groups -OCH3 is 1. The van der Waals surface area contributed by atoms with Crippen molar-refractivity contribution in [3.63, 3.8) is 0 Å². The van der Waals surface area contributed by atoms with Crippen LogP contribution in [-0.2, 0) is 0 Å². The van der Waals surface area contributed by atoms with Gasteiger partial charge in [0.25, 0.3) is 0 Å². The van der Waals surface area contributed by atoms with E-state index in [1.807, 2.05) is 42.6 Å². The van der Waals surface area contributed by atoms with E-state index in [4.69, 9.17) is 14.5 Å². The molecule has 2 aromatic carbocycles. The number of rotatable bonds is 3. The Balaban J connectivity index is 1.61. The number of nitrogens with one attached hydrogen (secondary N) is 3. The quantitative estimate of drug-likeness (QED) is 0.524. The maximum absolute atomic E-state index is 5.63. The molecule has 0 spiro atoms. The van der Waals surface area contributed by atoms with Gasteiger partial charge in [0, 0.05) is 23.0 Å². The predicted octanol–water partition coefficient (Wildman–Crippen LogP) is 3.67. The fourth-order valence-electron chi connectivity index (χ4n) is 3.25. The molecule has 26 heavy (non-hydrogen) atoms. The number of pyridine rings is 1. The molecule has 7 nitrogen and oxygen atoms in total. The molecular formula is C19H17N5O2. The lowest BCUT2D eigenvalue weighted by molar-refractivity contribution is 0.323. The van der Waals surface area contributed by atoms with Crippen LogP contribution >= 0.6 is 0 Å². The number of fused-ring (bicyclic) bond motifs is 4. The van der Waals surface area contributed by atoms with E-state index in [9.17, 15) is 0 Å². The molecule has 0 saturated heterocycles. The SMILES string of the molecule is COc1ccc2nc(Nc3ccc4c(c3)NCCO4)c3[nH]ncc3c2c1. The Morgan fingerprint density at radius 1 is 1.15 bits per heavy atom. The number of aromatic nitrogens is 3. The summed E-state index contributed by atoms with van der Waals surface area (Å²) in [5.74, 6) is 2.39. The molecule has 0 amide bonds. The lowest BCUT2D eigenvalue weighted by Crippen LogP contribution is -2.17. The van der Waals surface area contributed by atoms with Gasteiger partial charge in [0.05, 0.1) is 24.5 Å². The van der Waals surface area contributed by atoms with Crippen LogP contribution < -0.4 is 20.1 Å². The molecule has 3 N–H and O–H groups in total. The first-order chi connectivity index (χ1) is 12.8. The van der Waals surface area contributed by atoms with Crippen molar-refractivity contribution in [2.24, 2.45) is 0 Å². The summed E-state index contributed by atoms with van der Waals surface area (Å²) in [6.45, 7) is 1.49. The summed E-state index contributed by atoms with van der Waals surface area (Å²) in [7, 11) is 1.66. The number of ether oxygens (including phenoxy) is 2. The van der Waals surface area contributed by atoms with Gasteiger partial charge in [-0.25, -0.2) is 4.98 Å². The Hall–Kier alpha value is -3.48. The Bertz CT molecular complexity index is 1120. The fraction of sp³-hybridized carbons (Fsp3) is 0.158. The van der Waals surface area contributed by atoms with Crippen LogP contribution in [0.5, 0.6) is 11.5 Å². The van der Waals surface area contributed by atoms with Crippen molar-refractivity contribution in [1.82, 2.24) is 15.2 Å². The highest BCUT2D eigenvalue weighted by molar-refractivity contribution is 6.09. The largest absolute Gasteiger partial charge is 0.497 e. The summed E-state index contributed by atoms with van der Waals surface area (Å²) in [6.07, 6.45) is 1.81. The zero-order valence-electron chi connectivity index (χ0n) is 14.2. The summed E-state index contributed by atoms with van der Waals surface area (Å²) in [5, 5.41) is 16.0. The van der Waals surface area contributed by atoms with Gasteiger partial charge in [-0.2, -0.15) is 5.10 Å². The summed E-state index contributed by atoms with van der Waals surface area (Å²) in [5.41, 5.74) is 3.64. The number of hydrogen-bond donors (Lipinski definition) is 3. The van der Waals surface area contributed by atoms with E-state index in [1.54, 1.807) is 7.11 Å². The van der Waals surface area contributed by atoms with E-state index in [2.05, 4.69) is 20.8 Å². The van der Waals surface area contributed by atoms with Crippen LogP contribution in [0.15, 0.2) is 42.6 Å². The van der Waals surface area contributed by atoms with Crippen LogP contribution in [0.25, 0.3) is 21.8 Å². The molecule has 0 bridgehead atoms. The lowest BCUT2D eigenvalue weighted by Gasteiger charge is -2.20. The molecule has 0 radical (unpaired) electrons. The third-order valence-corrected chi connectivity index (χ3v) is 4.52. The van der Waals surface area contributed by atoms with Crippen molar-refractivity contribution < 1.29 is 9.47 Å². The van der Waals surface area contributed by atoms with Crippen molar-refractivity contribution in [2.45, 2.75) is 0 Å². The van der Waals surface area contributed by atoms with E-state index in [0.717, 1.165) is 57.0 Å². The van der Waals surface area contributed by atoms with E-state index in [1.165, 1.54) is 0 Å². The monoisotopic (exact) mass is 347 g/mol. The van der Waals surface area contributed by atoms with E-state index in [0.29, 0.717) is 6.61 Å². The molecular weight excluding hydrogens is 330 g/mol. The molecule has 7 heteroatoms. The highest BCUT2D eigenvalue weighted by Crippen LogP contribution is 2.34. The molecule has 0 unspecified atom stereocenters. The smallest absolute Gasteiger partial charge is 0.157 e. The highest BCUT2D eigenvalue weighted by Gasteiger charge is 2.14. The third kappa shape index (κ3) is 2.36. The van der Waals surface area contributed by atoms with Gasteiger partial charge in [0.1, 0.15) is 23.6 Å². The second kappa shape index (κ2) is 5.80. The molecule has 1 aliphatic heterocycles. The van der Waals surface area contributed by atoms with Crippen LogP contribution in [0.1, 0.15) is 0 Å². The summed E-state index contributed by atoms with van der Waals surface area (Å²) in [6, 6.07) is 11.8. The number of benzene rings is 2. The first-order valence-corrected chi connectivity index (χ1v) is 8.40. The van der Waals surface area contributed by atoms with E-state index >= 15 is 0 Å². The van der Waals surface area contributed by atoms with Gasteiger partial charge >= 0.3 is 0 Å². The molecule has 0 fully saturated rings. The van der Waals surface area contributed by atoms with Crippen molar-refractivity contribution in [3.8, 4) is 11.5 Å². The molecule has 130 valence electrons. The summed E-state index contributed by atoms with van der Waals surface area (Å²) >= 11 is 0. The van der Waals surface area contributed by atoms with Crippen LogP contribution in [-0.4, -0.2) is 35.4 Å². The summed E-state index contributed by atoms with van der Waals surface area (Å²) in [4.78, 5) is 4.77. The Morgan fingerprint density at radius 2 is 2.12 bits per heavy atom. The third-order valence-electron chi connectivity index (χ3n) is 4.52. The van der Waals surface area contributed by atoms with Crippen molar-refractivity contribution in [2.75, 3.05) is 30.9 Å². The number of aromatic amines is 1. The second-order valence-electron chi connectivity index (χ2n) is 6.11. The van der Waals surface area contributed by atoms with Crippen molar-refractivity contribution in [1.29, 1.82) is 0 Å². The Labute approximate surface area is 149 Å². The molecule has 1 aliphatic rings. The van der Waals surface area contributed by atoms with Gasteiger partial charge < -0.3 is 20.1 Å². The van der Waals surface area contributed by atoms with E-state index < -0.39 is 0 Å². The second-order valence-corrected chi connectivity index (χ2v) is 6.11. The minimum absolute atomic E-state index is 0.685. The number of anilines is 3. The fourth-order valence-corrected chi connectivity index (χ4v) is 3.25. The highest BCUT2D eigenvalue weighted by atomic mass is 16.5. The van der Waals surface area contributed by atoms with Gasteiger partial charge in [-0.15, -0.1) is 0 Å². The Morgan fingerprint density at radius 3 is 3.04 bits per heavy atom. The van der Waals surface area contributed by atoms with Crippen molar-refractivity contribution >= 4 is 39.0 Å². The first-order valence-electron chi connectivity index (χ1n) is 8.40. The molecule has 0 aliphatic carbocycles. The van der Waals surface area contributed by atoms with Gasteiger partial charge in [0.15, 0.2) is 5.82 Å². The lowest BCUT2D eigenvalue weighted by atomic mass is 10.1. The number of H-pyrrole nitrogens is 1. The average Bonchev–Trinajstić information content (AvgIpc) is 3.18. The van der Waals surface area contributed by atoms with Crippen LogP contribution in [0.4, 0.5) is 17.2 Å². The average molecular weight is 347 g/mol. The first kappa shape index (κ1) is 14.8. The van der Waals surface area contributed by atoms with Gasteiger partial charge in [0.2, 0.25) is 0 Å². The minimum atomic E-state index is 0.685. The predicted molar refractivity (Wildman–Crippen MR) is 102 cm³/mol. The van der Waals surface area contributed by atoms with Crippen LogP contribution in [0.3, 0.4) is 0 Å². The molecule has 0 atom stereocenters. The molecule has 0 saturated carbocycles. The molecule has 5 rings (SSSR count). The van der Waals surface area contributed by atoms with E-state index in [-0.39, 0.29) is 0 Å². The normalized spacial score (nSPS) is 13.1. The molecule has 2 aromatic heterocycles. The maximum atomic E-state index is 5.63. The minimum Gasteiger partial charge on any atom is -0.497 e. The number of hydrogen-bond acceptors (Lipinski definition) is 6. The van der Waals surface area contributed by atoms with Gasteiger partial charge in [-0.05, 0) is 36.4 Å². The topological polar surface area (TPSA) is 84.1 Å².